The first-order valence-electron chi connectivity index (χ1n) is 6.82. The van der Waals surface area contributed by atoms with Gasteiger partial charge >= 0.3 is 0 Å². The second-order valence-electron chi connectivity index (χ2n) is 5.04. The second kappa shape index (κ2) is 5.45. The van der Waals surface area contributed by atoms with E-state index in [2.05, 4.69) is 20.2 Å². The molecule has 1 aromatic carbocycles. The average molecular weight is 272 g/mol. The highest BCUT2D eigenvalue weighted by atomic mass is 19.1. The molecule has 2 aromatic rings. The molecule has 0 atom stereocenters. The normalized spacial score (nSPS) is 14.6. The second-order valence-corrected chi connectivity index (χ2v) is 5.04. The summed E-state index contributed by atoms with van der Waals surface area (Å²) < 4.78 is 13.3. The molecule has 104 valence electrons. The molecule has 1 aliphatic rings. The third-order valence-corrected chi connectivity index (χ3v) is 3.55. The molecule has 1 saturated heterocycles. The van der Waals surface area contributed by atoms with Crippen molar-refractivity contribution in [2.75, 3.05) is 23.3 Å². The Balaban J connectivity index is 1.83. The summed E-state index contributed by atoms with van der Waals surface area (Å²) in [5.41, 5.74) is 1.71. The van der Waals surface area contributed by atoms with E-state index in [4.69, 9.17) is 0 Å². The molecule has 0 spiro atoms. The van der Waals surface area contributed by atoms with E-state index in [9.17, 15) is 4.39 Å². The Morgan fingerprint density at radius 2 is 1.95 bits per heavy atom. The molecule has 5 heteroatoms. The predicted octanol–water partition coefficient (Wildman–Crippen LogP) is 3.27. The van der Waals surface area contributed by atoms with Gasteiger partial charge in [-0.2, -0.15) is 0 Å². The highest BCUT2D eigenvalue weighted by molar-refractivity contribution is 5.62. The number of hydrogen-bond acceptors (Lipinski definition) is 4. The van der Waals surface area contributed by atoms with Gasteiger partial charge in [-0.15, -0.1) is 0 Å². The summed E-state index contributed by atoms with van der Waals surface area (Å²) in [5.74, 6) is 1.36. The smallest absolute Gasteiger partial charge is 0.135 e. The Bertz CT molecular complexity index is 609. The summed E-state index contributed by atoms with van der Waals surface area (Å²) >= 11 is 0. The molecule has 1 aliphatic heterocycles. The summed E-state index contributed by atoms with van der Waals surface area (Å²) in [6.45, 7) is 4.01. The summed E-state index contributed by atoms with van der Waals surface area (Å²) in [6.07, 6.45) is 3.95. The van der Waals surface area contributed by atoms with Crippen molar-refractivity contribution in [2.45, 2.75) is 19.8 Å². The molecule has 0 unspecified atom stereocenters. The van der Waals surface area contributed by atoms with E-state index in [1.165, 1.54) is 25.0 Å². The third kappa shape index (κ3) is 2.71. The number of benzene rings is 1. The van der Waals surface area contributed by atoms with Crippen molar-refractivity contribution >= 4 is 17.3 Å². The van der Waals surface area contributed by atoms with Crippen molar-refractivity contribution in [2.24, 2.45) is 0 Å². The molecule has 1 N–H and O–H groups in total. The fraction of sp³-hybridized carbons (Fsp3) is 0.333. The molecule has 4 nitrogen and oxygen atoms in total. The molecule has 1 fully saturated rings. The van der Waals surface area contributed by atoms with E-state index in [1.807, 2.05) is 13.0 Å². The number of nitrogens with one attached hydrogen (secondary N) is 1. The average Bonchev–Trinajstić information content (AvgIpc) is 2.97. The van der Waals surface area contributed by atoms with Crippen molar-refractivity contribution in [1.82, 2.24) is 9.97 Å². The molecule has 2 heterocycles. The lowest BCUT2D eigenvalue weighted by molar-refractivity contribution is 0.628. The SMILES string of the molecule is Cc1ccc(F)cc1Nc1cc(N2CCCC2)ncn1. The maximum absolute atomic E-state index is 13.3. The molecule has 20 heavy (non-hydrogen) atoms. The molecule has 1 aromatic heterocycles. The van der Waals surface area contributed by atoms with Crippen molar-refractivity contribution < 1.29 is 4.39 Å². The van der Waals surface area contributed by atoms with Gasteiger partial charge < -0.3 is 10.2 Å². The zero-order valence-corrected chi connectivity index (χ0v) is 11.4. The first-order valence-corrected chi connectivity index (χ1v) is 6.82. The lowest BCUT2D eigenvalue weighted by Crippen LogP contribution is -2.19. The lowest BCUT2D eigenvalue weighted by atomic mass is 10.2. The molecule has 0 radical (unpaired) electrons. The van der Waals surface area contributed by atoms with Gasteiger partial charge in [-0.1, -0.05) is 6.07 Å². The van der Waals surface area contributed by atoms with E-state index in [0.717, 1.165) is 30.2 Å². The van der Waals surface area contributed by atoms with Crippen LogP contribution in [0.2, 0.25) is 0 Å². The van der Waals surface area contributed by atoms with Crippen LogP contribution in [0, 0.1) is 12.7 Å². The van der Waals surface area contributed by atoms with Crippen molar-refractivity contribution in [3.8, 4) is 0 Å². The fourth-order valence-corrected chi connectivity index (χ4v) is 2.40. The van der Waals surface area contributed by atoms with E-state index in [0.29, 0.717) is 5.82 Å². The van der Waals surface area contributed by atoms with Gasteiger partial charge in [0, 0.05) is 24.8 Å². The Kier molecular flexibility index (Phi) is 3.50. The molecular formula is C15H17FN4. The van der Waals surface area contributed by atoms with Gasteiger partial charge in [0.1, 0.15) is 23.8 Å². The van der Waals surface area contributed by atoms with Crippen molar-refractivity contribution in [3.05, 3.63) is 42.0 Å². The van der Waals surface area contributed by atoms with Crippen LogP contribution in [0.1, 0.15) is 18.4 Å². The highest BCUT2D eigenvalue weighted by Crippen LogP contribution is 2.23. The van der Waals surface area contributed by atoms with Crippen LogP contribution < -0.4 is 10.2 Å². The summed E-state index contributed by atoms with van der Waals surface area (Å²) in [6, 6.07) is 6.60. The molecule has 0 amide bonds. The maximum atomic E-state index is 13.3. The lowest BCUT2D eigenvalue weighted by Gasteiger charge is -2.17. The van der Waals surface area contributed by atoms with Crippen LogP contribution in [0.15, 0.2) is 30.6 Å². The minimum absolute atomic E-state index is 0.257. The van der Waals surface area contributed by atoms with E-state index >= 15 is 0 Å². The van der Waals surface area contributed by atoms with Gasteiger partial charge in [-0.3, -0.25) is 0 Å². The van der Waals surface area contributed by atoms with Gasteiger partial charge in [0.05, 0.1) is 0 Å². The van der Waals surface area contributed by atoms with Crippen molar-refractivity contribution in [1.29, 1.82) is 0 Å². The Morgan fingerprint density at radius 3 is 2.75 bits per heavy atom. The van der Waals surface area contributed by atoms with Crippen molar-refractivity contribution in [3.63, 3.8) is 0 Å². The topological polar surface area (TPSA) is 41.0 Å². The van der Waals surface area contributed by atoms with E-state index in [1.54, 1.807) is 12.4 Å². The quantitative estimate of drug-likeness (QED) is 0.931. The number of halogens is 1. The first kappa shape index (κ1) is 12.8. The van der Waals surface area contributed by atoms with Gasteiger partial charge in [-0.05, 0) is 37.5 Å². The summed E-state index contributed by atoms with van der Waals surface area (Å²) in [4.78, 5) is 10.8. The summed E-state index contributed by atoms with van der Waals surface area (Å²) in [5, 5.41) is 3.16. The van der Waals surface area contributed by atoms with Crippen LogP contribution in [0.3, 0.4) is 0 Å². The van der Waals surface area contributed by atoms with Gasteiger partial charge in [0.15, 0.2) is 0 Å². The minimum atomic E-state index is -0.257. The van der Waals surface area contributed by atoms with Crippen LogP contribution in [0.25, 0.3) is 0 Å². The summed E-state index contributed by atoms with van der Waals surface area (Å²) in [7, 11) is 0. The Hall–Kier alpha value is -2.17. The molecule has 0 saturated carbocycles. The van der Waals surface area contributed by atoms with Crippen LogP contribution in [-0.2, 0) is 0 Å². The number of anilines is 3. The fourth-order valence-electron chi connectivity index (χ4n) is 2.40. The van der Waals surface area contributed by atoms with Crippen LogP contribution in [0.4, 0.5) is 21.7 Å². The molecule has 0 aliphatic carbocycles. The molecular weight excluding hydrogens is 255 g/mol. The molecule has 0 bridgehead atoms. The Morgan fingerprint density at radius 1 is 1.15 bits per heavy atom. The highest BCUT2D eigenvalue weighted by Gasteiger charge is 2.14. The van der Waals surface area contributed by atoms with Crippen LogP contribution in [0.5, 0.6) is 0 Å². The minimum Gasteiger partial charge on any atom is -0.356 e. The predicted molar refractivity (Wildman–Crippen MR) is 77.9 cm³/mol. The van der Waals surface area contributed by atoms with E-state index in [-0.39, 0.29) is 5.82 Å². The maximum Gasteiger partial charge on any atom is 0.135 e. The van der Waals surface area contributed by atoms with Crippen LogP contribution in [-0.4, -0.2) is 23.1 Å². The Labute approximate surface area is 117 Å². The van der Waals surface area contributed by atoms with Gasteiger partial charge in [0.25, 0.3) is 0 Å². The third-order valence-electron chi connectivity index (χ3n) is 3.55. The number of aromatic nitrogens is 2. The first-order chi connectivity index (χ1) is 9.72. The molecule has 3 rings (SSSR count). The number of hydrogen-bond donors (Lipinski definition) is 1. The number of nitrogens with zero attached hydrogens (tertiary/aromatic N) is 3. The number of rotatable bonds is 3. The van der Waals surface area contributed by atoms with Gasteiger partial charge in [-0.25, -0.2) is 14.4 Å². The largest absolute Gasteiger partial charge is 0.356 e. The number of aryl methyl sites for hydroxylation is 1. The zero-order valence-electron chi connectivity index (χ0n) is 11.4. The zero-order chi connectivity index (χ0) is 13.9. The van der Waals surface area contributed by atoms with E-state index < -0.39 is 0 Å². The van der Waals surface area contributed by atoms with Gasteiger partial charge in [0.2, 0.25) is 0 Å². The standard InChI is InChI=1S/C15H17FN4/c1-11-4-5-12(16)8-13(11)19-14-9-15(18-10-17-14)20-6-2-3-7-20/h4-5,8-10H,2-3,6-7H2,1H3,(H,17,18,19). The monoisotopic (exact) mass is 272 g/mol. The van der Waals surface area contributed by atoms with Crippen LogP contribution >= 0.6 is 0 Å².